The van der Waals surface area contributed by atoms with Crippen LogP contribution in [0.3, 0.4) is 0 Å². The van der Waals surface area contributed by atoms with E-state index in [2.05, 4.69) is 16.0 Å². The zero-order valence-corrected chi connectivity index (χ0v) is 20.3. The number of para-hydroxylation sites is 1. The van der Waals surface area contributed by atoms with Gasteiger partial charge in [-0.05, 0) is 62.2 Å². The van der Waals surface area contributed by atoms with E-state index in [0.717, 1.165) is 18.4 Å². The molecule has 0 unspecified atom stereocenters. The average molecular weight is 493 g/mol. The summed E-state index contributed by atoms with van der Waals surface area (Å²) in [5.74, 6) is -0.661. The molecule has 9 heteroatoms. The van der Waals surface area contributed by atoms with E-state index in [-0.39, 0.29) is 23.3 Å². The van der Waals surface area contributed by atoms with Gasteiger partial charge < -0.3 is 16.0 Å². The molecule has 3 N–H and O–H groups in total. The predicted octanol–water partition coefficient (Wildman–Crippen LogP) is 4.08. The van der Waals surface area contributed by atoms with Crippen LogP contribution < -0.4 is 16.0 Å². The third-order valence-electron chi connectivity index (χ3n) is 5.74. The van der Waals surface area contributed by atoms with E-state index < -0.39 is 10.0 Å². The number of benzene rings is 3. The minimum absolute atomic E-state index is 0.0993. The highest BCUT2D eigenvalue weighted by atomic mass is 32.2. The van der Waals surface area contributed by atoms with E-state index in [1.165, 1.54) is 16.4 Å². The smallest absolute Gasteiger partial charge is 0.257 e. The molecule has 4 rings (SSSR count). The van der Waals surface area contributed by atoms with E-state index in [1.54, 1.807) is 36.4 Å². The van der Waals surface area contributed by atoms with Gasteiger partial charge in [-0.3, -0.25) is 9.59 Å². The second-order valence-electron chi connectivity index (χ2n) is 8.41. The molecule has 35 heavy (non-hydrogen) atoms. The molecule has 0 aliphatic carbocycles. The topological polar surface area (TPSA) is 108 Å². The van der Waals surface area contributed by atoms with Gasteiger partial charge in [-0.1, -0.05) is 35.9 Å². The van der Waals surface area contributed by atoms with Crippen molar-refractivity contribution < 1.29 is 18.0 Å². The summed E-state index contributed by atoms with van der Waals surface area (Å²) >= 11 is 0. The number of nitrogens with zero attached hydrogens (tertiary/aromatic N) is 1. The number of rotatable bonds is 8. The molecule has 2 amide bonds. The molecule has 0 aromatic heterocycles. The lowest BCUT2D eigenvalue weighted by Crippen LogP contribution is -2.28. The molecule has 0 saturated carbocycles. The van der Waals surface area contributed by atoms with Crippen LogP contribution in [0.1, 0.15) is 28.8 Å². The van der Waals surface area contributed by atoms with E-state index >= 15 is 0 Å². The van der Waals surface area contributed by atoms with Gasteiger partial charge in [0.05, 0.1) is 17.0 Å². The largest absolute Gasteiger partial charge is 0.376 e. The van der Waals surface area contributed by atoms with Crippen LogP contribution in [0, 0.1) is 6.92 Å². The zero-order valence-electron chi connectivity index (χ0n) is 19.5. The summed E-state index contributed by atoms with van der Waals surface area (Å²) in [4.78, 5) is 25.5. The molecule has 1 fully saturated rings. The summed E-state index contributed by atoms with van der Waals surface area (Å²) in [5, 5.41) is 8.58. The van der Waals surface area contributed by atoms with Gasteiger partial charge in [0.1, 0.15) is 0 Å². The molecule has 3 aromatic rings. The maximum Gasteiger partial charge on any atom is 0.257 e. The standard InChI is InChI=1S/C26H28N4O4S/c1-19-11-13-20(14-12-19)29-26(32)23-9-2-3-10-24(23)27-18-25(31)28-21-7-6-8-22(17-21)35(33,34)30-15-4-5-16-30/h2-3,6-14,17,27H,4-5,15-16,18H2,1H3,(H,28,31)(H,29,32). The van der Waals surface area contributed by atoms with Crippen LogP contribution >= 0.6 is 0 Å². The molecule has 1 heterocycles. The van der Waals surface area contributed by atoms with Crippen molar-refractivity contribution in [3.63, 3.8) is 0 Å². The Hall–Kier alpha value is -3.69. The Balaban J connectivity index is 1.39. The van der Waals surface area contributed by atoms with Crippen LogP contribution in [0.2, 0.25) is 0 Å². The molecule has 0 atom stereocenters. The van der Waals surface area contributed by atoms with Crippen LogP contribution in [0.25, 0.3) is 0 Å². The number of aryl methyl sites for hydroxylation is 1. The molecule has 0 bridgehead atoms. The minimum Gasteiger partial charge on any atom is -0.376 e. The lowest BCUT2D eigenvalue weighted by molar-refractivity contribution is -0.114. The summed E-state index contributed by atoms with van der Waals surface area (Å²) in [7, 11) is -3.57. The molecule has 1 aliphatic heterocycles. The van der Waals surface area contributed by atoms with Crippen LogP contribution in [0.5, 0.6) is 0 Å². The monoisotopic (exact) mass is 492 g/mol. The highest BCUT2D eigenvalue weighted by molar-refractivity contribution is 7.89. The summed E-state index contributed by atoms with van der Waals surface area (Å²) < 4.78 is 27.1. The van der Waals surface area contributed by atoms with Gasteiger partial charge in [-0.15, -0.1) is 0 Å². The fourth-order valence-electron chi connectivity index (χ4n) is 3.86. The first-order valence-corrected chi connectivity index (χ1v) is 12.9. The third kappa shape index (κ3) is 6.06. The highest BCUT2D eigenvalue weighted by Crippen LogP contribution is 2.23. The number of hydrogen-bond donors (Lipinski definition) is 3. The molecule has 182 valence electrons. The quantitative estimate of drug-likeness (QED) is 0.439. The fourth-order valence-corrected chi connectivity index (χ4v) is 5.43. The zero-order chi connectivity index (χ0) is 24.8. The number of carbonyl (C=O) groups is 2. The van der Waals surface area contributed by atoms with E-state index in [9.17, 15) is 18.0 Å². The third-order valence-corrected chi connectivity index (χ3v) is 7.64. The van der Waals surface area contributed by atoms with Gasteiger partial charge in [-0.25, -0.2) is 8.42 Å². The Kier molecular flexibility index (Phi) is 7.48. The molecule has 0 radical (unpaired) electrons. The lowest BCUT2D eigenvalue weighted by Gasteiger charge is -2.16. The molecular formula is C26H28N4O4S. The van der Waals surface area contributed by atoms with Crippen molar-refractivity contribution in [2.75, 3.05) is 35.6 Å². The SMILES string of the molecule is Cc1ccc(NC(=O)c2ccccc2NCC(=O)Nc2cccc(S(=O)(=O)N3CCCC3)c2)cc1. The van der Waals surface area contributed by atoms with Crippen molar-refractivity contribution in [2.24, 2.45) is 0 Å². The van der Waals surface area contributed by atoms with Gasteiger partial charge >= 0.3 is 0 Å². The Bertz CT molecular complexity index is 1320. The maximum absolute atomic E-state index is 12.8. The average Bonchev–Trinajstić information content (AvgIpc) is 3.41. The molecule has 1 aliphatic rings. The molecule has 8 nitrogen and oxygen atoms in total. The van der Waals surface area contributed by atoms with Crippen molar-refractivity contribution in [1.82, 2.24) is 4.31 Å². The van der Waals surface area contributed by atoms with Crippen molar-refractivity contribution >= 4 is 38.9 Å². The molecule has 3 aromatic carbocycles. The summed E-state index contributed by atoms with van der Waals surface area (Å²) in [6, 6.07) is 20.7. The van der Waals surface area contributed by atoms with Crippen LogP contribution in [-0.2, 0) is 14.8 Å². The number of carbonyl (C=O) groups excluding carboxylic acids is 2. The number of anilines is 3. The second-order valence-corrected chi connectivity index (χ2v) is 10.3. The van der Waals surface area contributed by atoms with E-state index in [1.807, 2.05) is 31.2 Å². The Morgan fingerprint density at radius 2 is 1.57 bits per heavy atom. The summed E-state index contributed by atoms with van der Waals surface area (Å²) in [6.07, 6.45) is 1.71. The van der Waals surface area contributed by atoms with Crippen LogP contribution in [0.4, 0.5) is 17.1 Å². The van der Waals surface area contributed by atoms with Crippen molar-refractivity contribution in [1.29, 1.82) is 0 Å². The Morgan fingerprint density at radius 1 is 0.857 bits per heavy atom. The Labute approximate surface area is 205 Å². The molecule has 1 saturated heterocycles. The lowest BCUT2D eigenvalue weighted by atomic mass is 10.1. The van der Waals surface area contributed by atoms with Gasteiger partial charge in [0.15, 0.2) is 0 Å². The molecular weight excluding hydrogens is 464 g/mol. The highest BCUT2D eigenvalue weighted by Gasteiger charge is 2.27. The normalized spacial score (nSPS) is 13.9. The van der Waals surface area contributed by atoms with Gasteiger partial charge in [-0.2, -0.15) is 4.31 Å². The van der Waals surface area contributed by atoms with Gasteiger partial charge in [0.25, 0.3) is 5.91 Å². The van der Waals surface area contributed by atoms with Crippen LogP contribution in [0.15, 0.2) is 77.7 Å². The van der Waals surface area contributed by atoms with Gasteiger partial charge in [0.2, 0.25) is 15.9 Å². The second kappa shape index (κ2) is 10.7. The fraction of sp³-hybridized carbons (Fsp3) is 0.231. The first-order chi connectivity index (χ1) is 16.8. The number of nitrogens with one attached hydrogen (secondary N) is 3. The predicted molar refractivity (Wildman–Crippen MR) is 137 cm³/mol. The Morgan fingerprint density at radius 3 is 2.31 bits per heavy atom. The van der Waals surface area contributed by atoms with E-state index in [0.29, 0.717) is 35.7 Å². The molecule has 0 spiro atoms. The van der Waals surface area contributed by atoms with Gasteiger partial charge in [0, 0.05) is 30.2 Å². The summed E-state index contributed by atoms with van der Waals surface area (Å²) in [6.45, 7) is 2.90. The number of sulfonamides is 1. The number of amides is 2. The minimum atomic E-state index is -3.57. The van der Waals surface area contributed by atoms with Crippen molar-refractivity contribution in [3.8, 4) is 0 Å². The maximum atomic E-state index is 12.8. The summed E-state index contributed by atoms with van der Waals surface area (Å²) in [5.41, 5.74) is 3.08. The van der Waals surface area contributed by atoms with E-state index in [4.69, 9.17) is 0 Å². The first-order valence-electron chi connectivity index (χ1n) is 11.4. The van der Waals surface area contributed by atoms with Crippen LogP contribution in [-0.4, -0.2) is 44.2 Å². The van der Waals surface area contributed by atoms with Crippen molar-refractivity contribution in [3.05, 3.63) is 83.9 Å². The van der Waals surface area contributed by atoms with Crippen molar-refractivity contribution in [2.45, 2.75) is 24.7 Å². The first kappa shape index (κ1) is 24.4. The number of hydrogen-bond acceptors (Lipinski definition) is 5.